The molecule has 1 amide bonds. The summed E-state index contributed by atoms with van der Waals surface area (Å²) in [5.74, 6) is -0.179. The van der Waals surface area contributed by atoms with E-state index in [4.69, 9.17) is 0 Å². The SMILES string of the molecule is CCS(=O)(=O)CCNC(=O)c1cccc(Br)c1C. The molecular weight excluding hydrogens is 318 g/mol. The quantitative estimate of drug-likeness (QED) is 0.895. The Morgan fingerprint density at radius 1 is 1.39 bits per heavy atom. The van der Waals surface area contributed by atoms with Gasteiger partial charge in [0.15, 0.2) is 9.84 Å². The molecule has 0 aromatic heterocycles. The molecule has 1 rings (SSSR count). The number of halogens is 1. The zero-order valence-corrected chi connectivity index (χ0v) is 12.8. The number of sulfone groups is 1. The van der Waals surface area contributed by atoms with Gasteiger partial charge in [-0.25, -0.2) is 8.42 Å². The molecule has 0 bridgehead atoms. The highest BCUT2D eigenvalue weighted by molar-refractivity contribution is 9.10. The van der Waals surface area contributed by atoms with E-state index in [9.17, 15) is 13.2 Å². The van der Waals surface area contributed by atoms with Crippen LogP contribution in [0.25, 0.3) is 0 Å². The number of amides is 1. The first-order valence-electron chi connectivity index (χ1n) is 5.61. The van der Waals surface area contributed by atoms with E-state index in [-0.39, 0.29) is 24.0 Å². The molecule has 0 aliphatic carbocycles. The van der Waals surface area contributed by atoms with Crippen LogP contribution < -0.4 is 5.32 Å². The second kappa shape index (κ2) is 6.33. The highest BCUT2D eigenvalue weighted by Gasteiger charge is 2.12. The molecule has 1 aromatic carbocycles. The van der Waals surface area contributed by atoms with Gasteiger partial charge in [0, 0.05) is 22.3 Å². The molecular formula is C12H16BrNO3S. The fraction of sp³-hybridized carbons (Fsp3) is 0.417. The lowest BCUT2D eigenvalue weighted by molar-refractivity contribution is 0.0955. The number of nitrogens with one attached hydrogen (secondary N) is 1. The van der Waals surface area contributed by atoms with E-state index < -0.39 is 9.84 Å². The van der Waals surface area contributed by atoms with Gasteiger partial charge in [-0.2, -0.15) is 0 Å². The molecule has 0 atom stereocenters. The molecule has 0 unspecified atom stereocenters. The largest absolute Gasteiger partial charge is 0.351 e. The third-order valence-corrected chi connectivity index (χ3v) is 5.22. The van der Waals surface area contributed by atoms with E-state index in [2.05, 4.69) is 21.2 Å². The lowest BCUT2D eigenvalue weighted by Gasteiger charge is -2.08. The van der Waals surface area contributed by atoms with Gasteiger partial charge in [0.05, 0.1) is 5.75 Å². The summed E-state index contributed by atoms with van der Waals surface area (Å²) in [6.45, 7) is 3.57. The lowest BCUT2D eigenvalue weighted by Crippen LogP contribution is -2.30. The van der Waals surface area contributed by atoms with Crippen LogP contribution in [0.5, 0.6) is 0 Å². The van der Waals surface area contributed by atoms with E-state index in [1.54, 1.807) is 19.1 Å². The summed E-state index contributed by atoms with van der Waals surface area (Å²) in [5, 5.41) is 2.62. The van der Waals surface area contributed by atoms with Gasteiger partial charge < -0.3 is 5.32 Å². The normalized spacial score (nSPS) is 11.3. The number of benzene rings is 1. The van der Waals surface area contributed by atoms with Crippen LogP contribution in [0, 0.1) is 6.92 Å². The van der Waals surface area contributed by atoms with Crippen LogP contribution in [-0.4, -0.2) is 32.4 Å². The van der Waals surface area contributed by atoms with Crippen molar-refractivity contribution < 1.29 is 13.2 Å². The predicted molar refractivity (Wildman–Crippen MR) is 75.5 cm³/mol. The van der Waals surface area contributed by atoms with Crippen molar-refractivity contribution in [3.8, 4) is 0 Å². The van der Waals surface area contributed by atoms with Crippen molar-refractivity contribution in [3.63, 3.8) is 0 Å². The Morgan fingerprint density at radius 2 is 2.06 bits per heavy atom. The number of rotatable bonds is 5. The monoisotopic (exact) mass is 333 g/mol. The van der Waals surface area contributed by atoms with Crippen molar-refractivity contribution in [2.45, 2.75) is 13.8 Å². The Morgan fingerprint density at radius 3 is 2.67 bits per heavy atom. The summed E-state index contributed by atoms with van der Waals surface area (Å²) in [5.41, 5.74) is 1.40. The van der Waals surface area contributed by atoms with Gasteiger partial charge in [-0.1, -0.05) is 28.9 Å². The summed E-state index contributed by atoms with van der Waals surface area (Å²) < 4.78 is 23.4. The van der Waals surface area contributed by atoms with E-state index in [0.717, 1.165) is 10.0 Å². The molecule has 18 heavy (non-hydrogen) atoms. The number of carbonyl (C=O) groups is 1. The van der Waals surface area contributed by atoms with Gasteiger partial charge >= 0.3 is 0 Å². The topological polar surface area (TPSA) is 63.2 Å². The van der Waals surface area contributed by atoms with Crippen molar-refractivity contribution in [2.75, 3.05) is 18.1 Å². The first-order valence-corrected chi connectivity index (χ1v) is 8.22. The zero-order valence-electron chi connectivity index (χ0n) is 10.4. The first-order chi connectivity index (χ1) is 8.37. The highest BCUT2D eigenvalue weighted by Crippen LogP contribution is 2.19. The third-order valence-electron chi connectivity index (χ3n) is 2.65. The number of hydrogen-bond acceptors (Lipinski definition) is 3. The highest BCUT2D eigenvalue weighted by atomic mass is 79.9. The summed E-state index contributed by atoms with van der Waals surface area (Å²) in [7, 11) is -3.04. The van der Waals surface area contributed by atoms with Crippen LogP contribution in [0.3, 0.4) is 0 Å². The van der Waals surface area contributed by atoms with Crippen molar-refractivity contribution in [3.05, 3.63) is 33.8 Å². The van der Waals surface area contributed by atoms with Gasteiger partial charge in [0.2, 0.25) is 0 Å². The third kappa shape index (κ3) is 4.10. The van der Waals surface area contributed by atoms with Gasteiger partial charge in [0.25, 0.3) is 5.91 Å². The Hall–Kier alpha value is -0.880. The molecule has 4 nitrogen and oxygen atoms in total. The van der Waals surface area contributed by atoms with Crippen molar-refractivity contribution in [1.29, 1.82) is 0 Å². The van der Waals surface area contributed by atoms with Crippen LogP contribution in [0.15, 0.2) is 22.7 Å². The predicted octanol–water partition coefficient (Wildman–Crippen LogP) is 1.92. The fourth-order valence-electron chi connectivity index (χ4n) is 1.41. The second-order valence-corrected chi connectivity index (χ2v) is 7.23. The summed E-state index contributed by atoms with van der Waals surface area (Å²) in [6, 6.07) is 5.34. The molecule has 0 aliphatic heterocycles. The summed E-state index contributed by atoms with van der Waals surface area (Å²) >= 11 is 3.35. The Kier molecular flexibility index (Phi) is 5.34. The summed E-state index contributed by atoms with van der Waals surface area (Å²) in [6.07, 6.45) is 0. The molecule has 1 aromatic rings. The molecule has 0 heterocycles. The van der Waals surface area contributed by atoms with Crippen LogP contribution in [0.4, 0.5) is 0 Å². The maximum absolute atomic E-state index is 11.9. The molecule has 0 spiro atoms. The maximum atomic E-state index is 11.9. The molecule has 6 heteroatoms. The summed E-state index contributed by atoms with van der Waals surface area (Å²) in [4.78, 5) is 11.9. The van der Waals surface area contributed by atoms with Crippen molar-refractivity contribution in [1.82, 2.24) is 5.32 Å². The van der Waals surface area contributed by atoms with E-state index >= 15 is 0 Å². The Labute approximate surface area is 116 Å². The Balaban J connectivity index is 2.64. The van der Waals surface area contributed by atoms with Gasteiger partial charge in [-0.05, 0) is 24.6 Å². The molecule has 0 radical (unpaired) electrons. The average Bonchev–Trinajstić information content (AvgIpc) is 2.32. The molecule has 0 saturated carbocycles. The molecule has 0 fully saturated rings. The minimum Gasteiger partial charge on any atom is -0.351 e. The minimum absolute atomic E-state index is 0.0255. The second-order valence-electron chi connectivity index (χ2n) is 3.90. The first kappa shape index (κ1) is 15.2. The molecule has 0 saturated heterocycles. The molecule has 100 valence electrons. The molecule has 1 N–H and O–H groups in total. The van der Waals surface area contributed by atoms with Crippen LogP contribution in [0.2, 0.25) is 0 Å². The van der Waals surface area contributed by atoms with Crippen LogP contribution in [-0.2, 0) is 9.84 Å². The smallest absolute Gasteiger partial charge is 0.251 e. The average molecular weight is 334 g/mol. The fourth-order valence-corrected chi connectivity index (χ4v) is 2.48. The number of hydrogen-bond donors (Lipinski definition) is 1. The van der Waals surface area contributed by atoms with Gasteiger partial charge in [-0.3, -0.25) is 4.79 Å². The van der Waals surface area contributed by atoms with E-state index in [0.29, 0.717) is 5.56 Å². The van der Waals surface area contributed by atoms with E-state index in [1.807, 2.05) is 13.0 Å². The van der Waals surface area contributed by atoms with Crippen LogP contribution >= 0.6 is 15.9 Å². The lowest BCUT2D eigenvalue weighted by atomic mass is 10.1. The van der Waals surface area contributed by atoms with E-state index in [1.165, 1.54) is 0 Å². The van der Waals surface area contributed by atoms with Crippen LogP contribution in [0.1, 0.15) is 22.8 Å². The number of carbonyl (C=O) groups excluding carboxylic acids is 1. The van der Waals surface area contributed by atoms with Gasteiger partial charge in [0.1, 0.15) is 0 Å². The zero-order chi connectivity index (χ0) is 13.8. The standard InChI is InChI=1S/C12H16BrNO3S/c1-3-18(16,17)8-7-14-12(15)10-5-4-6-11(13)9(10)2/h4-6H,3,7-8H2,1-2H3,(H,14,15). The van der Waals surface area contributed by atoms with Crippen molar-refractivity contribution >= 4 is 31.7 Å². The maximum Gasteiger partial charge on any atom is 0.251 e. The van der Waals surface area contributed by atoms with Gasteiger partial charge in [-0.15, -0.1) is 0 Å². The molecule has 0 aliphatic rings. The van der Waals surface area contributed by atoms with Crippen molar-refractivity contribution in [2.24, 2.45) is 0 Å². The minimum atomic E-state index is -3.04. The Bertz CT molecular complexity index is 540.